The third-order valence-electron chi connectivity index (χ3n) is 5.13. The monoisotopic (exact) mass is 492 g/mol. The van der Waals surface area contributed by atoms with Crippen LogP contribution in [-0.4, -0.2) is 30.6 Å². The summed E-state index contributed by atoms with van der Waals surface area (Å²) < 4.78 is 11.0. The highest BCUT2D eigenvalue weighted by molar-refractivity contribution is 7.81. The SMILES string of the molecule is CCOc1cc(C=C2C(=O)N(c3ccccc3)C(=S)N(c3ccccc3)C2=O)cc(Cl)c1OC. The second-order valence-electron chi connectivity index (χ2n) is 7.26. The molecule has 0 radical (unpaired) electrons. The number of thiocarbonyl (C=S) groups is 1. The number of carbonyl (C=O) groups excluding carboxylic acids is 2. The van der Waals surface area contributed by atoms with E-state index in [0.717, 1.165) is 0 Å². The summed E-state index contributed by atoms with van der Waals surface area (Å²) in [6, 6.07) is 21.2. The number of hydrogen-bond donors (Lipinski definition) is 0. The molecule has 4 rings (SSSR count). The lowest BCUT2D eigenvalue weighted by Gasteiger charge is -2.36. The molecule has 0 aliphatic carbocycles. The average Bonchev–Trinajstić information content (AvgIpc) is 2.83. The number of rotatable bonds is 6. The van der Waals surface area contributed by atoms with Crippen LogP contribution in [0.15, 0.2) is 78.4 Å². The summed E-state index contributed by atoms with van der Waals surface area (Å²) in [7, 11) is 1.49. The first-order valence-corrected chi connectivity index (χ1v) is 11.3. The fraction of sp³-hybridized carbons (Fsp3) is 0.115. The summed E-state index contributed by atoms with van der Waals surface area (Å²) in [5.74, 6) is -0.267. The van der Waals surface area contributed by atoms with Gasteiger partial charge in [0.15, 0.2) is 16.6 Å². The Morgan fingerprint density at radius 2 is 1.44 bits per heavy atom. The van der Waals surface area contributed by atoms with E-state index in [4.69, 9.17) is 33.3 Å². The van der Waals surface area contributed by atoms with Crippen LogP contribution in [0.25, 0.3) is 6.08 Å². The lowest BCUT2D eigenvalue weighted by Crippen LogP contribution is -2.56. The molecule has 172 valence electrons. The molecule has 1 fully saturated rings. The van der Waals surface area contributed by atoms with Gasteiger partial charge in [-0.05, 0) is 67.2 Å². The molecule has 3 aromatic carbocycles. The Kier molecular flexibility index (Phi) is 6.95. The topological polar surface area (TPSA) is 59.1 Å². The highest BCUT2D eigenvalue weighted by Gasteiger charge is 2.41. The second-order valence-corrected chi connectivity index (χ2v) is 8.03. The minimum atomic E-state index is -0.529. The molecule has 0 unspecified atom stereocenters. The van der Waals surface area contributed by atoms with E-state index >= 15 is 0 Å². The minimum absolute atomic E-state index is 0.0648. The van der Waals surface area contributed by atoms with Crippen molar-refractivity contribution in [1.29, 1.82) is 0 Å². The van der Waals surface area contributed by atoms with Gasteiger partial charge in [0.2, 0.25) is 0 Å². The zero-order valence-corrected chi connectivity index (χ0v) is 20.1. The number of para-hydroxylation sites is 2. The second kappa shape index (κ2) is 10.1. The Balaban J connectivity index is 1.87. The Bertz CT molecular complexity index is 1220. The number of ether oxygens (including phenoxy) is 2. The number of carbonyl (C=O) groups is 2. The molecule has 1 aliphatic heterocycles. The van der Waals surface area contributed by atoms with E-state index < -0.39 is 11.8 Å². The number of amides is 2. The van der Waals surface area contributed by atoms with Gasteiger partial charge in [-0.25, -0.2) is 0 Å². The summed E-state index contributed by atoms with van der Waals surface area (Å²) in [5.41, 5.74) is 1.56. The molecule has 3 aromatic rings. The Morgan fingerprint density at radius 1 is 0.912 bits per heavy atom. The van der Waals surface area contributed by atoms with E-state index in [9.17, 15) is 9.59 Å². The molecule has 0 atom stereocenters. The normalized spacial score (nSPS) is 13.9. The Hall–Kier alpha value is -3.68. The molecule has 0 aromatic heterocycles. The summed E-state index contributed by atoms with van der Waals surface area (Å²) in [5, 5.41) is 0.374. The molecular formula is C26H21ClN2O4S. The molecular weight excluding hydrogens is 472 g/mol. The van der Waals surface area contributed by atoms with Gasteiger partial charge in [-0.2, -0.15) is 0 Å². The summed E-state index contributed by atoms with van der Waals surface area (Å²) in [6.45, 7) is 2.23. The van der Waals surface area contributed by atoms with Gasteiger partial charge >= 0.3 is 0 Å². The summed E-state index contributed by atoms with van der Waals surface area (Å²) in [6.07, 6.45) is 1.49. The predicted octanol–water partition coefficient (Wildman–Crippen LogP) is 5.50. The molecule has 6 nitrogen and oxygen atoms in total. The molecule has 0 spiro atoms. The van der Waals surface area contributed by atoms with Crippen LogP contribution in [0, 0.1) is 0 Å². The van der Waals surface area contributed by atoms with E-state index in [1.807, 2.05) is 19.1 Å². The van der Waals surface area contributed by atoms with Crippen LogP contribution < -0.4 is 19.3 Å². The molecule has 1 aliphatic rings. The van der Waals surface area contributed by atoms with Gasteiger partial charge in [0.25, 0.3) is 11.8 Å². The minimum Gasteiger partial charge on any atom is -0.491 e. The van der Waals surface area contributed by atoms with Crippen molar-refractivity contribution >= 4 is 58.2 Å². The van der Waals surface area contributed by atoms with E-state index in [0.29, 0.717) is 40.1 Å². The maximum absolute atomic E-state index is 13.6. The first-order chi connectivity index (χ1) is 16.5. The van der Waals surface area contributed by atoms with E-state index in [-0.39, 0.29) is 10.7 Å². The number of hydrogen-bond acceptors (Lipinski definition) is 5. The van der Waals surface area contributed by atoms with Crippen molar-refractivity contribution in [3.63, 3.8) is 0 Å². The van der Waals surface area contributed by atoms with Crippen LogP contribution in [0.5, 0.6) is 11.5 Å². The third kappa shape index (κ3) is 4.40. The quantitative estimate of drug-likeness (QED) is 0.258. The van der Waals surface area contributed by atoms with Crippen molar-refractivity contribution in [2.45, 2.75) is 6.92 Å². The van der Waals surface area contributed by atoms with Gasteiger partial charge in [-0.15, -0.1) is 0 Å². The number of benzene rings is 3. The molecule has 2 amide bonds. The molecule has 34 heavy (non-hydrogen) atoms. The van der Waals surface area contributed by atoms with Gasteiger partial charge in [-0.1, -0.05) is 48.0 Å². The van der Waals surface area contributed by atoms with Gasteiger partial charge in [-0.3, -0.25) is 19.4 Å². The van der Waals surface area contributed by atoms with Crippen LogP contribution >= 0.6 is 23.8 Å². The van der Waals surface area contributed by atoms with Crippen molar-refractivity contribution in [2.75, 3.05) is 23.5 Å². The highest BCUT2D eigenvalue weighted by Crippen LogP contribution is 2.37. The molecule has 1 saturated heterocycles. The van der Waals surface area contributed by atoms with Crippen LogP contribution in [0.3, 0.4) is 0 Å². The predicted molar refractivity (Wildman–Crippen MR) is 138 cm³/mol. The van der Waals surface area contributed by atoms with Gasteiger partial charge in [0, 0.05) is 0 Å². The van der Waals surface area contributed by atoms with Crippen molar-refractivity contribution in [1.82, 2.24) is 0 Å². The number of methoxy groups -OCH3 is 1. The molecule has 0 bridgehead atoms. The van der Waals surface area contributed by atoms with E-state index in [1.165, 1.54) is 23.0 Å². The zero-order chi connectivity index (χ0) is 24.2. The summed E-state index contributed by atoms with van der Waals surface area (Å²) in [4.78, 5) is 29.9. The van der Waals surface area contributed by atoms with Crippen LogP contribution in [0.2, 0.25) is 5.02 Å². The molecule has 0 N–H and O–H groups in total. The zero-order valence-electron chi connectivity index (χ0n) is 18.5. The lowest BCUT2D eigenvalue weighted by molar-refractivity contribution is -0.120. The number of anilines is 2. The average molecular weight is 493 g/mol. The largest absolute Gasteiger partial charge is 0.491 e. The van der Waals surface area contributed by atoms with Crippen molar-refractivity contribution < 1.29 is 19.1 Å². The standard InChI is InChI=1S/C26H21ClN2O4S/c1-3-33-22-16-17(15-21(27)23(22)32-2)14-20-24(30)28(18-10-6-4-7-11-18)26(34)29(25(20)31)19-12-8-5-9-13-19/h4-16H,3H2,1-2H3. The molecule has 0 saturated carbocycles. The Morgan fingerprint density at radius 3 is 1.91 bits per heavy atom. The van der Waals surface area contributed by atoms with Crippen LogP contribution in [0.1, 0.15) is 12.5 Å². The fourth-order valence-corrected chi connectivity index (χ4v) is 4.31. The molecule has 8 heteroatoms. The van der Waals surface area contributed by atoms with E-state index in [2.05, 4.69) is 0 Å². The maximum atomic E-state index is 13.6. The number of halogens is 1. The van der Waals surface area contributed by atoms with Gasteiger partial charge in [0.05, 0.1) is 30.1 Å². The number of nitrogens with zero attached hydrogens (tertiary/aromatic N) is 2. The van der Waals surface area contributed by atoms with Crippen molar-refractivity contribution in [3.8, 4) is 11.5 Å². The summed E-state index contributed by atoms with van der Waals surface area (Å²) >= 11 is 12.0. The van der Waals surface area contributed by atoms with Gasteiger partial charge < -0.3 is 9.47 Å². The van der Waals surface area contributed by atoms with Crippen molar-refractivity contribution in [2.24, 2.45) is 0 Å². The highest BCUT2D eigenvalue weighted by atomic mass is 35.5. The van der Waals surface area contributed by atoms with Gasteiger partial charge in [0.1, 0.15) is 5.57 Å². The lowest BCUT2D eigenvalue weighted by atomic mass is 10.0. The third-order valence-corrected chi connectivity index (χ3v) is 5.77. The van der Waals surface area contributed by atoms with Crippen LogP contribution in [0.4, 0.5) is 11.4 Å². The first-order valence-electron chi connectivity index (χ1n) is 10.5. The first kappa shape index (κ1) is 23.5. The smallest absolute Gasteiger partial charge is 0.270 e. The maximum Gasteiger partial charge on any atom is 0.270 e. The van der Waals surface area contributed by atoms with E-state index in [1.54, 1.807) is 60.7 Å². The van der Waals surface area contributed by atoms with Crippen molar-refractivity contribution in [3.05, 3.63) is 89.0 Å². The molecule has 1 heterocycles. The fourth-order valence-electron chi connectivity index (χ4n) is 3.64. The van der Waals surface area contributed by atoms with Crippen LogP contribution in [-0.2, 0) is 9.59 Å². The Labute approximate surface area is 208 Å².